The molecule has 1 atom stereocenters. The van der Waals surface area contributed by atoms with Gasteiger partial charge < -0.3 is 14.8 Å². The average molecular weight is 280 g/mol. The van der Waals surface area contributed by atoms with Crippen LogP contribution < -0.4 is 5.32 Å². The molecule has 1 unspecified atom stereocenters. The van der Waals surface area contributed by atoms with Crippen LogP contribution >= 0.6 is 0 Å². The van der Waals surface area contributed by atoms with Gasteiger partial charge in [-0.15, -0.1) is 0 Å². The van der Waals surface area contributed by atoms with Crippen LogP contribution in [-0.4, -0.2) is 41.1 Å². The number of nitrogens with one attached hydrogen (secondary N) is 1. The minimum absolute atomic E-state index is 0.0134. The summed E-state index contributed by atoms with van der Waals surface area (Å²) >= 11 is 0. The molecule has 112 valence electrons. The number of carboxylic acids is 1. The number of hydrogen-bond donors (Lipinski definition) is 2. The highest BCUT2D eigenvalue weighted by Crippen LogP contribution is 2.15. The molecule has 0 saturated carbocycles. The Morgan fingerprint density at radius 3 is 2.85 bits per heavy atom. The lowest BCUT2D eigenvalue weighted by Gasteiger charge is -2.32. The largest absolute Gasteiger partial charge is 0.475 e. The molecule has 0 aliphatic carbocycles. The van der Waals surface area contributed by atoms with Gasteiger partial charge in [0.25, 0.3) is 0 Å². The minimum Gasteiger partial charge on any atom is -0.475 e. The molecule has 5 nitrogen and oxygen atoms in total. The van der Waals surface area contributed by atoms with E-state index in [2.05, 4.69) is 24.1 Å². The molecular weight excluding hydrogens is 256 g/mol. The first-order valence-electron chi connectivity index (χ1n) is 7.35. The van der Waals surface area contributed by atoms with E-state index in [4.69, 9.17) is 9.52 Å². The second-order valence-electron chi connectivity index (χ2n) is 5.74. The van der Waals surface area contributed by atoms with E-state index < -0.39 is 5.97 Å². The van der Waals surface area contributed by atoms with Crippen LogP contribution in [0.25, 0.3) is 0 Å². The molecule has 1 saturated heterocycles. The van der Waals surface area contributed by atoms with Crippen molar-refractivity contribution in [3.63, 3.8) is 0 Å². The normalized spacial score (nSPS) is 19.7. The third-order valence-corrected chi connectivity index (χ3v) is 3.83. The third kappa shape index (κ3) is 4.08. The van der Waals surface area contributed by atoms with Gasteiger partial charge in [0.05, 0.1) is 6.54 Å². The molecular formula is C15H24N2O3. The number of piperidine rings is 1. The lowest BCUT2D eigenvalue weighted by Crippen LogP contribution is -2.45. The number of hydrogen-bond acceptors (Lipinski definition) is 4. The summed E-state index contributed by atoms with van der Waals surface area (Å²) in [6.07, 6.45) is 3.76. The molecule has 2 N–H and O–H groups in total. The smallest absolute Gasteiger partial charge is 0.371 e. The van der Waals surface area contributed by atoms with Gasteiger partial charge >= 0.3 is 5.97 Å². The van der Waals surface area contributed by atoms with E-state index in [1.54, 1.807) is 6.07 Å². The number of furan rings is 1. The molecule has 0 spiro atoms. The van der Waals surface area contributed by atoms with Gasteiger partial charge in [-0.2, -0.15) is 0 Å². The lowest BCUT2D eigenvalue weighted by atomic mass is 10.0. The molecule has 0 amide bonds. The number of rotatable bonds is 6. The van der Waals surface area contributed by atoms with E-state index in [1.165, 1.54) is 25.3 Å². The minimum atomic E-state index is -1.01. The highest BCUT2D eigenvalue weighted by molar-refractivity contribution is 5.84. The SMILES string of the molecule is CC(C)N(Cc1ccc(C(=O)O)o1)CC1CCCCN1. The van der Waals surface area contributed by atoms with Crippen LogP contribution in [0.5, 0.6) is 0 Å². The summed E-state index contributed by atoms with van der Waals surface area (Å²) in [5.41, 5.74) is 0. The summed E-state index contributed by atoms with van der Waals surface area (Å²) < 4.78 is 5.35. The molecule has 0 radical (unpaired) electrons. The summed E-state index contributed by atoms with van der Waals surface area (Å²) in [7, 11) is 0. The monoisotopic (exact) mass is 280 g/mol. The second-order valence-corrected chi connectivity index (χ2v) is 5.74. The van der Waals surface area contributed by atoms with Crippen molar-refractivity contribution in [3.05, 3.63) is 23.7 Å². The molecule has 2 rings (SSSR count). The fourth-order valence-electron chi connectivity index (χ4n) is 2.60. The summed E-state index contributed by atoms with van der Waals surface area (Å²) in [6, 6.07) is 4.21. The number of aromatic carboxylic acids is 1. The first-order valence-corrected chi connectivity index (χ1v) is 7.35. The Labute approximate surface area is 119 Å². The maximum atomic E-state index is 10.8. The molecule has 0 aromatic carbocycles. The molecule has 1 aromatic rings. The quantitative estimate of drug-likeness (QED) is 0.837. The lowest BCUT2D eigenvalue weighted by molar-refractivity contribution is 0.0657. The van der Waals surface area contributed by atoms with Crippen LogP contribution in [0.4, 0.5) is 0 Å². The standard InChI is InChI=1S/C15H24N2O3/c1-11(2)17(9-12-5-3-4-8-16-12)10-13-6-7-14(20-13)15(18)19/h6-7,11-12,16H,3-5,8-10H2,1-2H3,(H,18,19). The summed E-state index contributed by atoms with van der Waals surface area (Å²) in [4.78, 5) is 13.2. The zero-order valence-corrected chi connectivity index (χ0v) is 12.3. The molecule has 0 bridgehead atoms. The topological polar surface area (TPSA) is 65.7 Å². The molecule has 1 fully saturated rings. The Morgan fingerprint density at radius 1 is 1.50 bits per heavy atom. The molecule has 5 heteroatoms. The molecule has 1 aliphatic rings. The number of carbonyl (C=O) groups is 1. The maximum absolute atomic E-state index is 10.8. The van der Waals surface area contributed by atoms with E-state index in [9.17, 15) is 4.79 Å². The van der Waals surface area contributed by atoms with Crippen molar-refractivity contribution < 1.29 is 14.3 Å². The van der Waals surface area contributed by atoms with Gasteiger partial charge in [0.1, 0.15) is 5.76 Å². The first-order chi connectivity index (χ1) is 9.56. The van der Waals surface area contributed by atoms with Gasteiger partial charge in [-0.1, -0.05) is 6.42 Å². The van der Waals surface area contributed by atoms with Crippen molar-refractivity contribution in [1.29, 1.82) is 0 Å². The Balaban J connectivity index is 1.95. The van der Waals surface area contributed by atoms with Crippen LogP contribution in [0, 0.1) is 0 Å². The van der Waals surface area contributed by atoms with Crippen LogP contribution in [-0.2, 0) is 6.54 Å². The van der Waals surface area contributed by atoms with Crippen LogP contribution in [0.3, 0.4) is 0 Å². The van der Waals surface area contributed by atoms with Gasteiger partial charge in [-0.05, 0) is 45.4 Å². The highest BCUT2D eigenvalue weighted by atomic mass is 16.4. The molecule has 1 aliphatic heterocycles. The van der Waals surface area contributed by atoms with Gasteiger partial charge in [0.15, 0.2) is 0 Å². The third-order valence-electron chi connectivity index (χ3n) is 3.83. The van der Waals surface area contributed by atoms with Crippen LogP contribution in [0.2, 0.25) is 0 Å². The predicted octanol–water partition coefficient (Wildman–Crippen LogP) is 2.33. The zero-order chi connectivity index (χ0) is 14.5. The summed E-state index contributed by atoms with van der Waals surface area (Å²) in [5, 5.41) is 12.4. The van der Waals surface area contributed by atoms with Crippen molar-refractivity contribution in [2.24, 2.45) is 0 Å². The van der Waals surface area contributed by atoms with Gasteiger partial charge in [-0.25, -0.2) is 4.79 Å². The highest BCUT2D eigenvalue weighted by Gasteiger charge is 2.20. The fraction of sp³-hybridized carbons (Fsp3) is 0.667. The molecule has 2 heterocycles. The average Bonchev–Trinajstić information content (AvgIpc) is 2.88. The van der Waals surface area contributed by atoms with Crippen molar-refractivity contribution in [2.45, 2.75) is 51.7 Å². The van der Waals surface area contributed by atoms with Crippen molar-refractivity contribution >= 4 is 5.97 Å². The zero-order valence-electron chi connectivity index (χ0n) is 12.3. The van der Waals surface area contributed by atoms with Gasteiger partial charge in [-0.3, -0.25) is 4.90 Å². The Morgan fingerprint density at radius 2 is 2.30 bits per heavy atom. The predicted molar refractivity (Wildman–Crippen MR) is 76.9 cm³/mol. The Hall–Kier alpha value is -1.33. The maximum Gasteiger partial charge on any atom is 0.371 e. The van der Waals surface area contributed by atoms with Crippen LogP contribution in [0.1, 0.15) is 49.4 Å². The fourth-order valence-corrected chi connectivity index (χ4v) is 2.60. The first kappa shape index (κ1) is 15.1. The molecule has 1 aromatic heterocycles. The summed E-state index contributed by atoms with van der Waals surface area (Å²) in [5.74, 6) is -0.285. The van der Waals surface area contributed by atoms with Gasteiger partial charge in [0.2, 0.25) is 5.76 Å². The van der Waals surface area contributed by atoms with E-state index in [0.29, 0.717) is 24.4 Å². The Kier molecular flexibility index (Phi) is 5.20. The van der Waals surface area contributed by atoms with Gasteiger partial charge in [0, 0.05) is 18.6 Å². The van der Waals surface area contributed by atoms with Crippen molar-refractivity contribution in [3.8, 4) is 0 Å². The van der Waals surface area contributed by atoms with E-state index in [0.717, 1.165) is 13.1 Å². The van der Waals surface area contributed by atoms with E-state index in [1.807, 2.05) is 0 Å². The van der Waals surface area contributed by atoms with Crippen LogP contribution in [0.15, 0.2) is 16.5 Å². The van der Waals surface area contributed by atoms with E-state index >= 15 is 0 Å². The number of carboxylic acid groups (broad SMARTS) is 1. The number of nitrogens with zero attached hydrogens (tertiary/aromatic N) is 1. The van der Waals surface area contributed by atoms with Crippen molar-refractivity contribution in [1.82, 2.24) is 10.2 Å². The van der Waals surface area contributed by atoms with Crippen molar-refractivity contribution in [2.75, 3.05) is 13.1 Å². The summed E-state index contributed by atoms with van der Waals surface area (Å²) in [6.45, 7) is 7.04. The second kappa shape index (κ2) is 6.90. The van der Waals surface area contributed by atoms with E-state index in [-0.39, 0.29) is 5.76 Å². The Bertz CT molecular complexity index is 436. The molecule has 20 heavy (non-hydrogen) atoms.